The van der Waals surface area contributed by atoms with Gasteiger partial charge in [-0.05, 0) is 48.9 Å². The maximum absolute atomic E-state index is 14.0. The molecule has 1 aromatic heterocycles. The van der Waals surface area contributed by atoms with Crippen molar-refractivity contribution in [2.75, 3.05) is 13.7 Å². The molecule has 0 aliphatic rings. The fourth-order valence-corrected chi connectivity index (χ4v) is 4.69. The lowest BCUT2D eigenvalue weighted by Gasteiger charge is -2.20. The zero-order chi connectivity index (χ0) is 25.8. The van der Waals surface area contributed by atoms with E-state index in [0.29, 0.717) is 39.0 Å². The van der Waals surface area contributed by atoms with Gasteiger partial charge in [0.15, 0.2) is 0 Å². The summed E-state index contributed by atoms with van der Waals surface area (Å²) in [6, 6.07) is 19.1. The summed E-state index contributed by atoms with van der Waals surface area (Å²) >= 11 is 3.47. The molecule has 0 radical (unpaired) electrons. The Morgan fingerprint density at radius 2 is 1.86 bits per heavy atom. The molecule has 0 unspecified atom stereocenters. The van der Waals surface area contributed by atoms with Crippen molar-refractivity contribution in [1.82, 2.24) is 10.3 Å². The summed E-state index contributed by atoms with van der Waals surface area (Å²) in [5, 5.41) is 13.0. The number of rotatable bonds is 8. The Hall–Kier alpha value is -3.78. The molecule has 0 aliphatic carbocycles. The summed E-state index contributed by atoms with van der Waals surface area (Å²) in [5.41, 5.74) is 3.74. The van der Waals surface area contributed by atoms with Crippen LogP contribution in [0.1, 0.15) is 33.8 Å². The number of pyridine rings is 1. The van der Waals surface area contributed by atoms with E-state index < -0.39 is 17.7 Å². The van der Waals surface area contributed by atoms with Gasteiger partial charge in [-0.15, -0.1) is 0 Å². The molecule has 0 saturated heterocycles. The number of carbonyl (C=O) groups excluding carboxylic acids is 1. The van der Waals surface area contributed by atoms with E-state index in [1.165, 1.54) is 25.3 Å². The van der Waals surface area contributed by atoms with Crippen molar-refractivity contribution in [2.24, 2.45) is 0 Å². The summed E-state index contributed by atoms with van der Waals surface area (Å²) in [5.74, 6) is -2.30. The highest BCUT2D eigenvalue weighted by atomic mass is 79.9. The van der Waals surface area contributed by atoms with Crippen LogP contribution >= 0.6 is 15.9 Å². The third-order valence-electron chi connectivity index (χ3n) is 6.03. The topological polar surface area (TPSA) is 88.5 Å². The fourth-order valence-electron chi connectivity index (χ4n) is 4.33. The lowest BCUT2D eigenvalue weighted by atomic mass is 9.93. The van der Waals surface area contributed by atoms with Crippen molar-refractivity contribution in [3.05, 3.63) is 93.7 Å². The quantitative estimate of drug-likeness (QED) is 0.276. The number of carboxylic acid groups (broad SMARTS) is 1. The number of hydrogen-bond donors (Lipinski definition) is 2. The Morgan fingerprint density at radius 1 is 1.11 bits per heavy atom. The number of aromatic nitrogens is 1. The molecule has 2 N–H and O–H groups in total. The minimum atomic E-state index is -1.07. The van der Waals surface area contributed by atoms with Crippen molar-refractivity contribution < 1.29 is 23.8 Å². The van der Waals surface area contributed by atoms with Crippen LogP contribution in [0.3, 0.4) is 0 Å². The Labute approximate surface area is 216 Å². The number of halogens is 2. The molecule has 1 amide bonds. The number of fused-ring (bicyclic) bond motifs is 1. The molecule has 4 rings (SSSR count). The summed E-state index contributed by atoms with van der Waals surface area (Å²) in [6.07, 6.45) is -0.309. The fraction of sp³-hybridized carbons (Fsp3) is 0.179. The van der Waals surface area contributed by atoms with Crippen molar-refractivity contribution in [3.63, 3.8) is 0 Å². The number of carboxylic acids is 1. The molecule has 36 heavy (non-hydrogen) atoms. The third kappa shape index (κ3) is 5.39. The van der Waals surface area contributed by atoms with Gasteiger partial charge in [0.05, 0.1) is 30.3 Å². The minimum Gasteiger partial charge on any atom is -0.496 e. The molecule has 0 spiro atoms. The van der Waals surface area contributed by atoms with Gasteiger partial charge in [0, 0.05) is 33.4 Å². The normalized spacial score (nSPS) is 11.8. The van der Waals surface area contributed by atoms with Gasteiger partial charge < -0.3 is 15.2 Å². The minimum absolute atomic E-state index is 0.0249. The molecule has 1 atom stereocenters. The van der Waals surface area contributed by atoms with Crippen LogP contribution in [0.15, 0.2) is 71.2 Å². The third-order valence-corrected chi connectivity index (χ3v) is 6.52. The number of hydrogen-bond acceptors (Lipinski definition) is 4. The zero-order valence-electron chi connectivity index (χ0n) is 19.7. The van der Waals surface area contributed by atoms with Crippen LogP contribution < -0.4 is 10.1 Å². The van der Waals surface area contributed by atoms with Gasteiger partial charge in [-0.2, -0.15) is 0 Å². The summed E-state index contributed by atoms with van der Waals surface area (Å²) < 4.78 is 20.1. The summed E-state index contributed by atoms with van der Waals surface area (Å²) in [7, 11) is 1.43. The first-order chi connectivity index (χ1) is 17.3. The average molecular weight is 551 g/mol. The molecular weight excluding hydrogens is 527 g/mol. The standard InChI is InChI=1S/C28H24BrFN2O4/c1-16-26(22-13-19(29)8-10-23(22)32-27(16)17-6-4-3-5-7-17)28(35)31-15-18(12-25(33)34)21-14-20(30)9-11-24(21)36-2/h3-11,13-14,18H,12,15H2,1-2H3,(H,31,35)(H,33,34)/t18-/m0/s1. The molecule has 184 valence electrons. The second-order valence-electron chi connectivity index (χ2n) is 8.38. The van der Waals surface area contributed by atoms with Crippen molar-refractivity contribution >= 4 is 38.7 Å². The van der Waals surface area contributed by atoms with Gasteiger partial charge in [-0.1, -0.05) is 46.3 Å². The maximum Gasteiger partial charge on any atom is 0.304 e. The molecule has 6 nitrogen and oxygen atoms in total. The number of carbonyl (C=O) groups is 2. The highest BCUT2D eigenvalue weighted by Crippen LogP contribution is 2.32. The number of methoxy groups -OCH3 is 1. The van der Waals surface area contributed by atoms with E-state index in [9.17, 15) is 19.1 Å². The second-order valence-corrected chi connectivity index (χ2v) is 9.29. The molecule has 0 bridgehead atoms. The number of benzene rings is 3. The van der Waals surface area contributed by atoms with E-state index in [2.05, 4.69) is 21.2 Å². The van der Waals surface area contributed by atoms with Gasteiger partial charge >= 0.3 is 5.97 Å². The van der Waals surface area contributed by atoms with Gasteiger partial charge in [-0.25, -0.2) is 9.37 Å². The van der Waals surface area contributed by atoms with E-state index in [0.717, 1.165) is 10.0 Å². The molecule has 8 heteroatoms. The molecule has 4 aromatic rings. The Balaban J connectivity index is 1.74. The van der Waals surface area contributed by atoms with Crippen LogP contribution in [0.4, 0.5) is 4.39 Å². The molecule has 3 aromatic carbocycles. The predicted molar refractivity (Wildman–Crippen MR) is 140 cm³/mol. The largest absolute Gasteiger partial charge is 0.496 e. The zero-order valence-corrected chi connectivity index (χ0v) is 21.3. The molecule has 0 fully saturated rings. The number of aliphatic carboxylic acids is 1. The van der Waals surface area contributed by atoms with Gasteiger partial charge in [0.1, 0.15) is 11.6 Å². The van der Waals surface area contributed by atoms with Gasteiger partial charge in [0.25, 0.3) is 5.91 Å². The molecule has 0 saturated carbocycles. The van der Waals surface area contributed by atoms with Crippen LogP contribution in [-0.4, -0.2) is 35.6 Å². The van der Waals surface area contributed by atoms with Crippen molar-refractivity contribution in [3.8, 4) is 17.0 Å². The Morgan fingerprint density at radius 3 is 2.56 bits per heavy atom. The lowest BCUT2D eigenvalue weighted by Crippen LogP contribution is -2.30. The van der Waals surface area contributed by atoms with Crippen LogP contribution in [0.5, 0.6) is 5.75 Å². The Kier molecular flexibility index (Phi) is 7.64. The van der Waals surface area contributed by atoms with E-state index >= 15 is 0 Å². The Bertz CT molecular complexity index is 1440. The molecule has 0 aliphatic heterocycles. The summed E-state index contributed by atoms with van der Waals surface area (Å²) in [6.45, 7) is 1.82. The van der Waals surface area contributed by atoms with E-state index in [-0.39, 0.29) is 18.9 Å². The van der Waals surface area contributed by atoms with Gasteiger partial charge in [-0.3, -0.25) is 9.59 Å². The monoisotopic (exact) mass is 550 g/mol. The van der Waals surface area contributed by atoms with Crippen LogP contribution in [0.25, 0.3) is 22.2 Å². The number of nitrogens with one attached hydrogen (secondary N) is 1. The van der Waals surface area contributed by atoms with E-state index in [1.54, 1.807) is 0 Å². The maximum atomic E-state index is 14.0. The number of nitrogens with zero attached hydrogens (tertiary/aromatic N) is 1. The highest BCUT2D eigenvalue weighted by Gasteiger charge is 2.24. The van der Waals surface area contributed by atoms with E-state index in [4.69, 9.17) is 9.72 Å². The molecular formula is C28H24BrFN2O4. The number of ether oxygens (including phenoxy) is 1. The van der Waals surface area contributed by atoms with Crippen LogP contribution in [0.2, 0.25) is 0 Å². The first-order valence-corrected chi connectivity index (χ1v) is 12.1. The molecule has 1 heterocycles. The SMILES string of the molecule is COc1ccc(F)cc1[C@H](CNC(=O)c1c(C)c(-c2ccccc2)nc2ccc(Br)cc12)CC(=O)O. The lowest BCUT2D eigenvalue weighted by molar-refractivity contribution is -0.137. The van der Waals surface area contributed by atoms with Gasteiger partial charge in [0.2, 0.25) is 0 Å². The smallest absolute Gasteiger partial charge is 0.304 e. The van der Waals surface area contributed by atoms with E-state index in [1.807, 2.05) is 55.5 Å². The first kappa shape index (κ1) is 25.3. The van der Waals surface area contributed by atoms with Crippen molar-refractivity contribution in [2.45, 2.75) is 19.3 Å². The summed E-state index contributed by atoms with van der Waals surface area (Å²) in [4.78, 5) is 30.0. The number of amides is 1. The highest BCUT2D eigenvalue weighted by molar-refractivity contribution is 9.10. The average Bonchev–Trinajstić information content (AvgIpc) is 2.86. The predicted octanol–water partition coefficient (Wildman–Crippen LogP) is 6.11. The van der Waals surface area contributed by atoms with Crippen LogP contribution in [0, 0.1) is 12.7 Å². The van der Waals surface area contributed by atoms with Crippen LogP contribution in [-0.2, 0) is 4.79 Å². The van der Waals surface area contributed by atoms with Crippen molar-refractivity contribution in [1.29, 1.82) is 0 Å². The second kappa shape index (κ2) is 10.9. The first-order valence-electron chi connectivity index (χ1n) is 11.3.